The van der Waals surface area contributed by atoms with Gasteiger partial charge in [-0.25, -0.2) is 4.79 Å². The molecule has 0 aromatic carbocycles. The van der Waals surface area contributed by atoms with Crippen molar-refractivity contribution in [1.29, 1.82) is 0 Å². The zero-order valence-electron chi connectivity index (χ0n) is 11.4. The Kier molecular flexibility index (Phi) is 3.82. The molecule has 0 spiro atoms. The molecule has 2 fully saturated rings. The monoisotopic (exact) mass is 257 g/mol. The highest BCUT2D eigenvalue weighted by molar-refractivity contribution is 5.68. The number of morpholine rings is 1. The second kappa shape index (κ2) is 5.05. The maximum Gasteiger partial charge on any atom is 0.410 e. The van der Waals surface area contributed by atoms with Gasteiger partial charge in [0.05, 0.1) is 25.4 Å². The van der Waals surface area contributed by atoms with Crippen LogP contribution in [0.3, 0.4) is 0 Å². The second-order valence-corrected chi connectivity index (χ2v) is 6.14. The summed E-state index contributed by atoms with van der Waals surface area (Å²) in [5.74, 6) is 0.321. The maximum atomic E-state index is 12.1. The molecule has 1 saturated carbocycles. The summed E-state index contributed by atoms with van der Waals surface area (Å²) in [5, 5.41) is 10.2. The highest BCUT2D eigenvalue weighted by atomic mass is 16.6. The lowest BCUT2D eigenvalue weighted by atomic mass is 10.1. The maximum absolute atomic E-state index is 12.1. The molecule has 104 valence electrons. The van der Waals surface area contributed by atoms with Crippen molar-refractivity contribution in [2.75, 3.05) is 19.8 Å². The van der Waals surface area contributed by atoms with Crippen LogP contribution in [0.15, 0.2) is 0 Å². The number of amides is 1. The topological polar surface area (TPSA) is 59.0 Å². The Labute approximate surface area is 108 Å². The highest BCUT2D eigenvalue weighted by Gasteiger charge is 2.42. The minimum atomic E-state index is -0.509. The van der Waals surface area contributed by atoms with E-state index in [1.165, 1.54) is 0 Å². The lowest BCUT2D eigenvalue weighted by Crippen LogP contribution is -2.55. The number of aliphatic hydroxyl groups is 1. The Morgan fingerprint density at radius 2 is 2.11 bits per heavy atom. The van der Waals surface area contributed by atoms with E-state index in [1.807, 2.05) is 20.8 Å². The van der Waals surface area contributed by atoms with Gasteiger partial charge >= 0.3 is 6.09 Å². The Hall–Kier alpha value is -0.810. The van der Waals surface area contributed by atoms with Gasteiger partial charge in [-0.3, -0.25) is 4.90 Å². The predicted molar refractivity (Wildman–Crippen MR) is 66.3 cm³/mol. The average Bonchev–Trinajstić information content (AvgIpc) is 3.09. The van der Waals surface area contributed by atoms with Gasteiger partial charge in [0.1, 0.15) is 5.60 Å². The van der Waals surface area contributed by atoms with Gasteiger partial charge in [-0.1, -0.05) is 0 Å². The number of rotatable bonds is 2. The molecule has 0 radical (unpaired) electrons. The van der Waals surface area contributed by atoms with Crippen molar-refractivity contribution < 1.29 is 19.4 Å². The first-order valence-electron chi connectivity index (χ1n) is 6.64. The summed E-state index contributed by atoms with van der Waals surface area (Å²) in [5.41, 5.74) is -0.509. The number of hydrogen-bond acceptors (Lipinski definition) is 4. The van der Waals surface area contributed by atoms with Crippen molar-refractivity contribution in [2.45, 2.75) is 51.4 Å². The molecule has 1 heterocycles. The fraction of sp³-hybridized carbons (Fsp3) is 0.923. The fourth-order valence-corrected chi connectivity index (χ4v) is 2.20. The van der Waals surface area contributed by atoms with E-state index in [4.69, 9.17) is 9.47 Å². The van der Waals surface area contributed by atoms with Crippen LogP contribution in [0.4, 0.5) is 4.79 Å². The first-order valence-corrected chi connectivity index (χ1v) is 6.64. The quantitative estimate of drug-likeness (QED) is 0.812. The molecule has 0 aromatic heterocycles. The summed E-state index contributed by atoms with van der Waals surface area (Å²) in [6.45, 7) is 6.93. The SMILES string of the molecule is CC(C)(C)OC(=O)N1CCOCC1C(O)C1CC1. The van der Waals surface area contributed by atoms with Crippen molar-refractivity contribution in [3.63, 3.8) is 0 Å². The van der Waals surface area contributed by atoms with Gasteiger partial charge in [0.15, 0.2) is 0 Å². The smallest absolute Gasteiger partial charge is 0.410 e. The number of carbonyl (C=O) groups excluding carboxylic acids is 1. The molecular formula is C13H23NO4. The van der Waals surface area contributed by atoms with E-state index in [-0.39, 0.29) is 12.1 Å². The van der Waals surface area contributed by atoms with E-state index < -0.39 is 11.7 Å². The third kappa shape index (κ3) is 3.36. The second-order valence-electron chi connectivity index (χ2n) is 6.14. The summed E-state index contributed by atoms with van der Waals surface area (Å²) in [6.07, 6.45) is 1.24. The summed E-state index contributed by atoms with van der Waals surface area (Å²) < 4.78 is 10.8. The number of hydrogen-bond donors (Lipinski definition) is 1. The molecule has 1 aliphatic heterocycles. The van der Waals surface area contributed by atoms with Crippen LogP contribution in [0.5, 0.6) is 0 Å². The third-order valence-electron chi connectivity index (χ3n) is 3.29. The van der Waals surface area contributed by atoms with Crippen molar-refractivity contribution >= 4 is 6.09 Å². The molecule has 0 bridgehead atoms. The fourth-order valence-electron chi connectivity index (χ4n) is 2.20. The molecule has 1 saturated heterocycles. The van der Waals surface area contributed by atoms with Crippen molar-refractivity contribution in [3.05, 3.63) is 0 Å². The van der Waals surface area contributed by atoms with Crippen LogP contribution in [0.1, 0.15) is 33.6 Å². The number of ether oxygens (including phenoxy) is 2. The van der Waals surface area contributed by atoms with Crippen molar-refractivity contribution in [3.8, 4) is 0 Å². The number of carbonyl (C=O) groups is 1. The zero-order chi connectivity index (χ0) is 13.3. The number of aliphatic hydroxyl groups excluding tert-OH is 1. The molecular weight excluding hydrogens is 234 g/mol. The number of nitrogens with zero attached hydrogens (tertiary/aromatic N) is 1. The summed E-state index contributed by atoms with van der Waals surface area (Å²) in [7, 11) is 0. The standard InChI is InChI=1S/C13H23NO4/c1-13(2,3)18-12(16)14-6-7-17-8-10(14)11(15)9-4-5-9/h9-11,15H,4-8H2,1-3H3. The van der Waals surface area contributed by atoms with E-state index in [9.17, 15) is 9.90 Å². The van der Waals surface area contributed by atoms with Crippen molar-refractivity contribution in [2.24, 2.45) is 5.92 Å². The summed E-state index contributed by atoms with van der Waals surface area (Å²) in [6, 6.07) is -0.263. The van der Waals surface area contributed by atoms with E-state index in [2.05, 4.69) is 0 Å². The van der Waals surface area contributed by atoms with E-state index in [0.717, 1.165) is 12.8 Å². The van der Waals surface area contributed by atoms with Crippen LogP contribution < -0.4 is 0 Å². The van der Waals surface area contributed by atoms with Gasteiger partial charge in [0, 0.05) is 6.54 Å². The first-order chi connectivity index (χ1) is 8.38. The van der Waals surface area contributed by atoms with Gasteiger partial charge in [0.2, 0.25) is 0 Å². The van der Waals surface area contributed by atoms with Gasteiger partial charge in [-0.2, -0.15) is 0 Å². The molecule has 2 unspecified atom stereocenters. The van der Waals surface area contributed by atoms with Crippen LogP contribution >= 0.6 is 0 Å². The minimum absolute atomic E-state index is 0.263. The van der Waals surface area contributed by atoms with Crippen LogP contribution in [0, 0.1) is 5.92 Å². The molecule has 5 nitrogen and oxygen atoms in total. The molecule has 2 aliphatic rings. The van der Waals surface area contributed by atoms with Gasteiger partial charge in [-0.15, -0.1) is 0 Å². The largest absolute Gasteiger partial charge is 0.444 e. The van der Waals surface area contributed by atoms with E-state index in [1.54, 1.807) is 4.90 Å². The minimum Gasteiger partial charge on any atom is -0.444 e. The molecule has 18 heavy (non-hydrogen) atoms. The Morgan fingerprint density at radius 1 is 1.44 bits per heavy atom. The molecule has 1 aliphatic carbocycles. The Morgan fingerprint density at radius 3 is 2.67 bits per heavy atom. The van der Waals surface area contributed by atoms with E-state index >= 15 is 0 Å². The molecule has 1 N–H and O–H groups in total. The summed E-state index contributed by atoms with van der Waals surface area (Å²) >= 11 is 0. The molecule has 1 amide bonds. The molecule has 2 atom stereocenters. The van der Waals surface area contributed by atoms with E-state index in [0.29, 0.717) is 25.7 Å². The summed E-state index contributed by atoms with van der Waals surface area (Å²) in [4.78, 5) is 13.7. The molecule has 0 aromatic rings. The van der Waals surface area contributed by atoms with Gasteiger partial charge in [-0.05, 0) is 39.5 Å². The lowest BCUT2D eigenvalue weighted by Gasteiger charge is -2.38. The van der Waals surface area contributed by atoms with Gasteiger partial charge in [0.25, 0.3) is 0 Å². The Balaban J connectivity index is 2.00. The lowest BCUT2D eigenvalue weighted by molar-refractivity contribution is -0.0708. The van der Waals surface area contributed by atoms with Crippen LogP contribution in [0.2, 0.25) is 0 Å². The first kappa shape index (κ1) is 13.6. The van der Waals surface area contributed by atoms with Crippen LogP contribution in [-0.2, 0) is 9.47 Å². The van der Waals surface area contributed by atoms with Gasteiger partial charge < -0.3 is 14.6 Å². The molecule has 5 heteroatoms. The Bertz CT molecular complexity index is 309. The van der Waals surface area contributed by atoms with Crippen LogP contribution in [0.25, 0.3) is 0 Å². The zero-order valence-corrected chi connectivity index (χ0v) is 11.4. The third-order valence-corrected chi connectivity index (χ3v) is 3.29. The normalized spacial score (nSPS) is 26.9. The van der Waals surface area contributed by atoms with Crippen LogP contribution in [-0.4, -0.2) is 53.6 Å². The molecule has 2 rings (SSSR count). The predicted octanol–water partition coefficient (Wildman–Crippen LogP) is 1.39. The highest BCUT2D eigenvalue weighted by Crippen LogP contribution is 2.36. The van der Waals surface area contributed by atoms with Crippen molar-refractivity contribution in [1.82, 2.24) is 4.90 Å². The average molecular weight is 257 g/mol.